The number of hydrogen-bond acceptors (Lipinski definition) is 5. The molecule has 0 fully saturated rings. The van der Waals surface area contributed by atoms with Crippen molar-refractivity contribution in [2.75, 3.05) is 10.6 Å². The minimum Gasteiger partial charge on any atom is -0.457 e. The highest BCUT2D eigenvalue weighted by molar-refractivity contribution is 6.03. The molecule has 1 heterocycles. The number of hydrogen-bond donors (Lipinski definition) is 2. The Labute approximate surface area is 174 Å². The molecule has 30 heavy (non-hydrogen) atoms. The van der Waals surface area contributed by atoms with Crippen LogP contribution in [-0.4, -0.2) is 15.9 Å². The Bertz CT molecular complexity index is 1130. The van der Waals surface area contributed by atoms with Gasteiger partial charge in [-0.05, 0) is 61.0 Å². The predicted octanol–water partition coefficient (Wildman–Crippen LogP) is 5.57. The van der Waals surface area contributed by atoms with Crippen molar-refractivity contribution < 1.29 is 9.53 Å². The third-order valence-corrected chi connectivity index (χ3v) is 4.28. The molecule has 0 radical (unpaired) electrons. The van der Waals surface area contributed by atoms with Crippen molar-refractivity contribution >= 4 is 23.2 Å². The Hall–Kier alpha value is -4.19. The van der Waals surface area contributed by atoms with Gasteiger partial charge in [0.25, 0.3) is 5.91 Å². The van der Waals surface area contributed by atoms with Gasteiger partial charge in [0.05, 0.1) is 5.56 Å². The summed E-state index contributed by atoms with van der Waals surface area (Å²) in [4.78, 5) is 20.8. The summed E-state index contributed by atoms with van der Waals surface area (Å²) in [6.45, 7) is 1.97. The second-order valence-electron chi connectivity index (χ2n) is 6.68. The van der Waals surface area contributed by atoms with Crippen molar-refractivity contribution in [3.05, 3.63) is 102 Å². The van der Waals surface area contributed by atoms with Crippen molar-refractivity contribution in [3.63, 3.8) is 0 Å². The van der Waals surface area contributed by atoms with E-state index in [1.807, 2.05) is 85.8 Å². The Morgan fingerprint density at radius 2 is 1.50 bits per heavy atom. The summed E-state index contributed by atoms with van der Waals surface area (Å²) in [5, 5.41) is 5.95. The summed E-state index contributed by atoms with van der Waals surface area (Å²) < 4.78 is 5.78. The number of carbonyl (C=O) groups is 1. The summed E-state index contributed by atoms with van der Waals surface area (Å²) in [7, 11) is 0. The smallest absolute Gasteiger partial charge is 0.258 e. The molecule has 1 aromatic heterocycles. The van der Waals surface area contributed by atoms with Crippen LogP contribution in [0.1, 0.15) is 15.9 Å². The number of nitrogens with zero attached hydrogens (tertiary/aromatic N) is 2. The minimum atomic E-state index is -0.255. The summed E-state index contributed by atoms with van der Waals surface area (Å²) in [5.74, 6) is 1.66. The van der Waals surface area contributed by atoms with E-state index >= 15 is 0 Å². The predicted molar refractivity (Wildman–Crippen MR) is 117 cm³/mol. The number of anilines is 3. The van der Waals surface area contributed by atoms with Gasteiger partial charge < -0.3 is 15.4 Å². The number of nitrogens with one attached hydrogen (secondary N) is 2. The molecule has 0 aliphatic heterocycles. The first-order valence-corrected chi connectivity index (χ1v) is 9.46. The minimum absolute atomic E-state index is 0.255. The largest absolute Gasteiger partial charge is 0.457 e. The Morgan fingerprint density at radius 3 is 2.20 bits per heavy atom. The van der Waals surface area contributed by atoms with E-state index in [0.717, 1.165) is 28.4 Å². The first-order chi connectivity index (χ1) is 14.7. The van der Waals surface area contributed by atoms with E-state index in [2.05, 4.69) is 20.6 Å². The molecular formula is C24H20N4O2. The van der Waals surface area contributed by atoms with Crippen molar-refractivity contribution in [2.24, 2.45) is 0 Å². The number of para-hydroxylation sites is 1. The number of amides is 1. The molecular weight excluding hydrogens is 376 g/mol. The fourth-order valence-corrected chi connectivity index (χ4v) is 2.80. The lowest BCUT2D eigenvalue weighted by atomic mass is 10.2. The quantitative estimate of drug-likeness (QED) is 0.445. The standard InChI is InChI=1S/C24H20N4O2/c1-17-6-5-7-20(14-17)27-23(29)18-15-25-24(26-16-18)28-19-10-12-22(13-11-19)30-21-8-3-2-4-9-21/h2-16H,1H3,(H,27,29)(H,25,26,28). The number of carbonyl (C=O) groups excluding carboxylic acids is 1. The van der Waals surface area contributed by atoms with Crippen molar-refractivity contribution in [1.29, 1.82) is 0 Å². The first kappa shape index (κ1) is 19.1. The number of ether oxygens (including phenoxy) is 1. The maximum absolute atomic E-state index is 12.4. The molecule has 1 amide bonds. The number of aromatic nitrogens is 2. The lowest BCUT2D eigenvalue weighted by molar-refractivity contribution is 0.102. The molecule has 0 aliphatic rings. The molecule has 0 aliphatic carbocycles. The average molecular weight is 396 g/mol. The molecule has 2 N–H and O–H groups in total. The summed E-state index contributed by atoms with van der Waals surface area (Å²) in [5.41, 5.74) is 3.00. The zero-order chi connectivity index (χ0) is 20.8. The fourth-order valence-electron chi connectivity index (χ4n) is 2.80. The van der Waals surface area contributed by atoms with Crippen LogP contribution in [0.25, 0.3) is 0 Å². The highest BCUT2D eigenvalue weighted by Crippen LogP contribution is 2.23. The van der Waals surface area contributed by atoms with Crippen LogP contribution in [0.4, 0.5) is 17.3 Å². The molecule has 0 unspecified atom stereocenters. The van der Waals surface area contributed by atoms with E-state index < -0.39 is 0 Å². The van der Waals surface area contributed by atoms with Crippen LogP contribution in [0, 0.1) is 6.92 Å². The molecule has 6 nitrogen and oxygen atoms in total. The summed E-state index contributed by atoms with van der Waals surface area (Å²) >= 11 is 0. The van der Waals surface area contributed by atoms with Crippen LogP contribution in [-0.2, 0) is 0 Å². The maximum Gasteiger partial charge on any atom is 0.258 e. The van der Waals surface area contributed by atoms with E-state index in [9.17, 15) is 4.79 Å². The molecule has 0 spiro atoms. The van der Waals surface area contributed by atoms with Crippen LogP contribution in [0.2, 0.25) is 0 Å². The van der Waals surface area contributed by atoms with Gasteiger partial charge in [-0.1, -0.05) is 30.3 Å². The van der Waals surface area contributed by atoms with E-state index in [0.29, 0.717) is 11.5 Å². The third kappa shape index (κ3) is 4.99. The molecule has 4 rings (SSSR count). The Kier molecular flexibility index (Phi) is 5.66. The molecule has 0 bridgehead atoms. The highest BCUT2D eigenvalue weighted by Gasteiger charge is 2.08. The van der Waals surface area contributed by atoms with Crippen LogP contribution in [0.3, 0.4) is 0 Å². The van der Waals surface area contributed by atoms with E-state index in [4.69, 9.17) is 4.74 Å². The lowest BCUT2D eigenvalue weighted by Crippen LogP contribution is -2.13. The summed E-state index contributed by atoms with van der Waals surface area (Å²) in [6, 6.07) is 24.7. The van der Waals surface area contributed by atoms with Crippen LogP contribution in [0.5, 0.6) is 11.5 Å². The zero-order valence-electron chi connectivity index (χ0n) is 16.4. The van der Waals surface area contributed by atoms with Crippen LogP contribution in [0.15, 0.2) is 91.3 Å². The van der Waals surface area contributed by atoms with E-state index in [1.54, 1.807) is 0 Å². The van der Waals surface area contributed by atoms with Crippen LogP contribution < -0.4 is 15.4 Å². The van der Waals surface area contributed by atoms with Gasteiger partial charge in [0.2, 0.25) is 5.95 Å². The molecule has 3 aromatic carbocycles. The third-order valence-electron chi connectivity index (χ3n) is 4.28. The van der Waals surface area contributed by atoms with E-state index in [-0.39, 0.29) is 5.91 Å². The van der Waals surface area contributed by atoms with Gasteiger partial charge in [0.1, 0.15) is 11.5 Å². The van der Waals surface area contributed by atoms with Gasteiger partial charge in [0, 0.05) is 23.8 Å². The Morgan fingerprint density at radius 1 is 0.800 bits per heavy atom. The van der Waals surface area contributed by atoms with Gasteiger partial charge in [-0.15, -0.1) is 0 Å². The molecule has 148 valence electrons. The van der Waals surface area contributed by atoms with Gasteiger partial charge in [-0.25, -0.2) is 9.97 Å². The second-order valence-corrected chi connectivity index (χ2v) is 6.68. The van der Waals surface area contributed by atoms with Gasteiger partial charge in [-0.2, -0.15) is 0 Å². The van der Waals surface area contributed by atoms with Crippen LogP contribution >= 0.6 is 0 Å². The number of aryl methyl sites for hydroxylation is 1. The average Bonchev–Trinajstić information content (AvgIpc) is 2.76. The van der Waals surface area contributed by atoms with Crippen molar-refractivity contribution in [1.82, 2.24) is 9.97 Å². The molecule has 4 aromatic rings. The molecule has 6 heteroatoms. The van der Waals surface area contributed by atoms with E-state index in [1.165, 1.54) is 12.4 Å². The number of benzene rings is 3. The fraction of sp³-hybridized carbons (Fsp3) is 0.0417. The topological polar surface area (TPSA) is 76.1 Å². The zero-order valence-corrected chi connectivity index (χ0v) is 16.4. The maximum atomic E-state index is 12.4. The van der Waals surface area contributed by atoms with Gasteiger partial charge in [-0.3, -0.25) is 4.79 Å². The molecule has 0 saturated carbocycles. The lowest BCUT2D eigenvalue weighted by Gasteiger charge is -2.09. The van der Waals surface area contributed by atoms with Crippen molar-refractivity contribution in [2.45, 2.75) is 6.92 Å². The monoisotopic (exact) mass is 396 g/mol. The SMILES string of the molecule is Cc1cccc(NC(=O)c2cnc(Nc3ccc(Oc4ccccc4)cc3)nc2)c1. The van der Waals surface area contributed by atoms with Crippen molar-refractivity contribution in [3.8, 4) is 11.5 Å². The highest BCUT2D eigenvalue weighted by atomic mass is 16.5. The first-order valence-electron chi connectivity index (χ1n) is 9.46. The number of rotatable bonds is 6. The normalized spacial score (nSPS) is 10.3. The second kappa shape index (κ2) is 8.87. The molecule has 0 saturated heterocycles. The Balaban J connectivity index is 1.36. The summed E-state index contributed by atoms with van der Waals surface area (Å²) in [6.07, 6.45) is 2.99. The molecule has 0 atom stereocenters. The van der Waals surface area contributed by atoms with Gasteiger partial charge >= 0.3 is 0 Å². The van der Waals surface area contributed by atoms with Gasteiger partial charge in [0.15, 0.2) is 0 Å².